The minimum atomic E-state index is -0.232. The molecule has 3 aromatic carbocycles. The molecule has 1 unspecified atom stereocenters. The lowest BCUT2D eigenvalue weighted by Gasteiger charge is -2.15. The Labute approximate surface area is 200 Å². The van der Waals surface area contributed by atoms with E-state index >= 15 is 0 Å². The van der Waals surface area contributed by atoms with Gasteiger partial charge in [0.25, 0.3) is 0 Å². The van der Waals surface area contributed by atoms with Crippen LogP contribution in [0.15, 0.2) is 78.9 Å². The van der Waals surface area contributed by atoms with Crippen LogP contribution in [0, 0.1) is 0 Å². The van der Waals surface area contributed by atoms with Gasteiger partial charge in [-0.25, -0.2) is 0 Å². The van der Waals surface area contributed by atoms with Gasteiger partial charge in [0.1, 0.15) is 6.10 Å². The highest BCUT2D eigenvalue weighted by Gasteiger charge is 2.13. The van der Waals surface area contributed by atoms with Crippen LogP contribution in [0.4, 0.5) is 0 Å². The first-order chi connectivity index (χ1) is 16.2. The number of unbranched alkanes of at least 4 members (excludes halogenated alkanes) is 7. The molecule has 0 aliphatic rings. The number of carbonyl (C=O) groups excluding carboxylic acids is 1. The Morgan fingerprint density at radius 2 is 1.18 bits per heavy atom. The van der Waals surface area contributed by atoms with Crippen molar-refractivity contribution in [3.05, 3.63) is 84.4 Å². The van der Waals surface area contributed by atoms with E-state index in [1.807, 2.05) is 13.0 Å². The summed E-state index contributed by atoms with van der Waals surface area (Å²) in [6, 6.07) is 27.3. The van der Waals surface area contributed by atoms with Gasteiger partial charge in [0.15, 0.2) is 0 Å². The van der Waals surface area contributed by atoms with Crippen LogP contribution in [-0.4, -0.2) is 5.97 Å². The monoisotopic (exact) mass is 442 g/mol. The number of esters is 1. The van der Waals surface area contributed by atoms with E-state index in [9.17, 15) is 4.79 Å². The van der Waals surface area contributed by atoms with Crippen molar-refractivity contribution in [3.8, 4) is 22.3 Å². The standard InChI is InChI=1S/C31H38O2/c1-3-4-5-6-7-8-9-13-20-31(32)33-25(2)26-21-23-28(24-22-26)30-19-15-14-18-29(30)27-16-11-10-12-17-27/h10-12,14-19,21-25H,3-9,13,20H2,1-2H3. The summed E-state index contributed by atoms with van der Waals surface area (Å²) < 4.78 is 5.70. The first-order valence-corrected chi connectivity index (χ1v) is 12.6. The van der Waals surface area contributed by atoms with Crippen molar-refractivity contribution in [2.45, 2.75) is 77.7 Å². The predicted octanol–water partition coefficient (Wildman–Crippen LogP) is 9.16. The number of rotatable bonds is 13. The molecule has 0 spiro atoms. The Morgan fingerprint density at radius 3 is 1.79 bits per heavy atom. The maximum atomic E-state index is 12.3. The molecule has 0 heterocycles. The molecule has 3 aromatic rings. The summed E-state index contributed by atoms with van der Waals surface area (Å²) in [5.41, 5.74) is 5.82. The summed E-state index contributed by atoms with van der Waals surface area (Å²) >= 11 is 0. The van der Waals surface area contributed by atoms with Crippen LogP contribution in [0.1, 0.15) is 83.3 Å². The fourth-order valence-electron chi connectivity index (χ4n) is 4.27. The van der Waals surface area contributed by atoms with E-state index in [-0.39, 0.29) is 12.1 Å². The molecule has 0 radical (unpaired) electrons. The van der Waals surface area contributed by atoms with E-state index in [0.29, 0.717) is 6.42 Å². The first kappa shape index (κ1) is 24.8. The molecule has 0 bridgehead atoms. The fraction of sp³-hybridized carbons (Fsp3) is 0.387. The number of ether oxygens (including phenoxy) is 1. The average molecular weight is 443 g/mol. The van der Waals surface area contributed by atoms with Crippen molar-refractivity contribution < 1.29 is 9.53 Å². The van der Waals surface area contributed by atoms with Crippen LogP contribution >= 0.6 is 0 Å². The van der Waals surface area contributed by atoms with Gasteiger partial charge in [0.05, 0.1) is 0 Å². The largest absolute Gasteiger partial charge is 0.458 e. The minimum Gasteiger partial charge on any atom is -0.458 e. The Kier molecular flexibility index (Phi) is 10.2. The highest BCUT2D eigenvalue weighted by molar-refractivity contribution is 5.83. The van der Waals surface area contributed by atoms with Gasteiger partial charge in [0.2, 0.25) is 0 Å². The van der Waals surface area contributed by atoms with E-state index in [0.717, 1.165) is 24.0 Å². The molecule has 3 rings (SSSR count). The third-order valence-electron chi connectivity index (χ3n) is 6.25. The van der Waals surface area contributed by atoms with Crippen LogP contribution < -0.4 is 0 Å². The molecule has 0 amide bonds. The Bertz CT molecular complexity index is 960. The van der Waals surface area contributed by atoms with Gasteiger partial charge < -0.3 is 4.74 Å². The van der Waals surface area contributed by atoms with Gasteiger partial charge in [-0.1, -0.05) is 131 Å². The van der Waals surface area contributed by atoms with Gasteiger partial charge in [-0.3, -0.25) is 4.79 Å². The predicted molar refractivity (Wildman–Crippen MR) is 139 cm³/mol. The number of hydrogen-bond acceptors (Lipinski definition) is 2. The number of hydrogen-bond donors (Lipinski definition) is 0. The summed E-state index contributed by atoms with van der Waals surface area (Å²) in [5.74, 6) is -0.0908. The van der Waals surface area contributed by atoms with E-state index in [1.165, 1.54) is 55.2 Å². The van der Waals surface area contributed by atoms with Gasteiger partial charge in [0, 0.05) is 6.42 Å². The minimum absolute atomic E-state index is 0.0908. The summed E-state index contributed by atoms with van der Waals surface area (Å²) in [7, 11) is 0. The van der Waals surface area contributed by atoms with Gasteiger partial charge in [-0.05, 0) is 41.2 Å². The van der Waals surface area contributed by atoms with Crippen LogP contribution in [0.5, 0.6) is 0 Å². The molecule has 0 N–H and O–H groups in total. The molecule has 0 fully saturated rings. The molecule has 1 atom stereocenters. The van der Waals surface area contributed by atoms with Gasteiger partial charge in [-0.2, -0.15) is 0 Å². The van der Waals surface area contributed by atoms with E-state index in [2.05, 4.69) is 79.7 Å². The molecule has 0 saturated carbocycles. The normalized spacial score (nSPS) is 11.8. The highest BCUT2D eigenvalue weighted by Crippen LogP contribution is 2.32. The summed E-state index contributed by atoms with van der Waals surface area (Å²) in [4.78, 5) is 12.3. The maximum Gasteiger partial charge on any atom is 0.306 e. The lowest BCUT2D eigenvalue weighted by molar-refractivity contribution is -0.148. The molecule has 0 aliphatic heterocycles. The quantitative estimate of drug-likeness (QED) is 0.195. The molecule has 0 aliphatic carbocycles. The lowest BCUT2D eigenvalue weighted by atomic mass is 9.94. The molecule has 2 nitrogen and oxygen atoms in total. The van der Waals surface area contributed by atoms with Crippen molar-refractivity contribution in [2.75, 3.05) is 0 Å². The zero-order valence-electron chi connectivity index (χ0n) is 20.3. The number of carbonyl (C=O) groups is 1. The molecule has 2 heteroatoms. The second kappa shape index (κ2) is 13.6. The van der Waals surface area contributed by atoms with Crippen molar-refractivity contribution in [1.82, 2.24) is 0 Å². The first-order valence-electron chi connectivity index (χ1n) is 12.6. The smallest absolute Gasteiger partial charge is 0.306 e. The molecular formula is C31H38O2. The zero-order chi connectivity index (χ0) is 23.3. The van der Waals surface area contributed by atoms with Crippen LogP contribution in [-0.2, 0) is 9.53 Å². The van der Waals surface area contributed by atoms with Crippen LogP contribution in [0.25, 0.3) is 22.3 Å². The topological polar surface area (TPSA) is 26.3 Å². The average Bonchev–Trinajstić information content (AvgIpc) is 2.86. The second-order valence-corrected chi connectivity index (χ2v) is 8.89. The summed E-state index contributed by atoms with van der Waals surface area (Å²) in [6.07, 6.45) is 10.1. The number of benzene rings is 3. The Balaban J connectivity index is 1.50. The highest BCUT2D eigenvalue weighted by atomic mass is 16.5. The Morgan fingerprint density at radius 1 is 0.667 bits per heavy atom. The molecule has 174 valence electrons. The Hall–Kier alpha value is -2.87. The fourth-order valence-corrected chi connectivity index (χ4v) is 4.27. The van der Waals surface area contributed by atoms with E-state index in [1.54, 1.807) is 0 Å². The van der Waals surface area contributed by atoms with Crippen LogP contribution in [0.2, 0.25) is 0 Å². The lowest BCUT2D eigenvalue weighted by Crippen LogP contribution is -2.08. The maximum absolute atomic E-state index is 12.3. The summed E-state index contributed by atoms with van der Waals surface area (Å²) in [6.45, 7) is 4.20. The zero-order valence-corrected chi connectivity index (χ0v) is 20.3. The van der Waals surface area contributed by atoms with Gasteiger partial charge >= 0.3 is 5.97 Å². The van der Waals surface area contributed by atoms with E-state index in [4.69, 9.17) is 4.74 Å². The van der Waals surface area contributed by atoms with Crippen molar-refractivity contribution in [3.63, 3.8) is 0 Å². The molecule has 0 aromatic heterocycles. The second-order valence-electron chi connectivity index (χ2n) is 8.89. The van der Waals surface area contributed by atoms with Gasteiger partial charge in [-0.15, -0.1) is 0 Å². The van der Waals surface area contributed by atoms with Crippen molar-refractivity contribution in [2.24, 2.45) is 0 Å². The molecule has 33 heavy (non-hydrogen) atoms. The third-order valence-corrected chi connectivity index (χ3v) is 6.25. The van der Waals surface area contributed by atoms with Crippen molar-refractivity contribution in [1.29, 1.82) is 0 Å². The van der Waals surface area contributed by atoms with E-state index < -0.39 is 0 Å². The molecular weight excluding hydrogens is 404 g/mol. The SMILES string of the molecule is CCCCCCCCCCC(=O)OC(C)c1ccc(-c2ccccc2-c2ccccc2)cc1. The third kappa shape index (κ3) is 7.89. The molecule has 0 saturated heterocycles. The van der Waals surface area contributed by atoms with Crippen molar-refractivity contribution >= 4 is 5.97 Å². The summed E-state index contributed by atoms with van der Waals surface area (Å²) in [5, 5.41) is 0. The van der Waals surface area contributed by atoms with Crippen LogP contribution in [0.3, 0.4) is 0 Å².